The summed E-state index contributed by atoms with van der Waals surface area (Å²) >= 11 is 0. The second kappa shape index (κ2) is 9.16. The summed E-state index contributed by atoms with van der Waals surface area (Å²) in [6.45, 7) is 12.0. The molecule has 1 aliphatic heterocycles. The molecule has 1 aromatic rings. The molecule has 1 saturated heterocycles. The normalized spacial score (nSPS) is 19.4. The summed E-state index contributed by atoms with van der Waals surface area (Å²) in [6, 6.07) is 9.74. The minimum Gasteiger partial charge on any atom is -0.457 e. The molecule has 1 aliphatic rings. The van der Waals surface area contributed by atoms with Gasteiger partial charge in [0.2, 0.25) is 0 Å². The lowest BCUT2D eigenvalue weighted by molar-refractivity contribution is -0.182. The Labute approximate surface area is 174 Å². The SMILES string of the molecule is CCC(C)(C)C[C@](NC(=O)OC(C)(C)C)(OCc1ccccc1)[C@@H]1CCC(=O)O1. The third kappa shape index (κ3) is 7.03. The van der Waals surface area contributed by atoms with Crippen LogP contribution >= 0.6 is 0 Å². The van der Waals surface area contributed by atoms with Crippen LogP contribution in [0.3, 0.4) is 0 Å². The number of esters is 1. The first-order valence-corrected chi connectivity index (χ1v) is 10.3. The van der Waals surface area contributed by atoms with Crippen molar-refractivity contribution in [1.82, 2.24) is 5.32 Å². The van der Waals surface area contributed by atoms with E-state index in [0.29, 0.717) is 19.3 Å². The Kier molecular flexibility index (Phi) is 7.33. The number of carbonyl (C=O) groups is 2. The molecule has 0 aliphatic carbocycles. The fraction of sp³-hybridized carbons (Fsp3) is 0.652. The summed E-state index contributed by atoms with van der Waals surface area (Å²) in [5.74, 6) is -0.275. The molecule has 0 unspecified atom stereocenters. The van der Waals surface area contributed by atoms with E-state index in [9.17, 15) is 9.59 Å². The Morgan fingerprint density at radius 1 is 1.17 bits per heavy atom. The van der Waals surface area contributed by atoms with Gasteiger partial charge in [-0.05, 0) is 38.2 Å². The number of amides is 1. The summed E-state index contributed by atoms with van der Waals surface area (Å²) in [5.41, 5.74) is -1.01. The first-order chi connectivity index (χ1) is 13.4. The van der Waals surface area contributed by atoms with E-state index in [-0.39, 0.29) is 18.0 Å². The van der Waals surface area contributed by atoms with Crippen LogP contribution in [-0.4, -0.2) is 29.5 Å². The number of cyclic esters (lactones) is 1. The van der Waals surface area contributed by atoms with Crippen LogP contribution in [0.2, 0.25) is 0 Å². The van der Waals surface area contributed by atoms with Gasteiger partial charge in [0.05, 0.1) is 6.61 Å². The summed E-state index contributed by atoms with van der Waals surface area (Å²) in [7, 11) is 0. The minimum absolute atomic E-state index is 0.152. The molecular weight excluding hydrogens is 370 g/mol. The highest BCUT2D eigenvalue weighted by Crippen LogP contribution is 2.39. The van der Waals surface area contributed by atoms with E-state index >= 15 is 0 Å². The van der Waals surface area contributed by atoms with Gasteiger partial charge >= 0.3 is 12.1 Å². The minimum atomic E-state index is -1.18. The van der Waals surface area contributed by atoms with E-state index in [4.69, 9.17) is 14.2 Å². The molecule has 6 nitrogen and oxygen atoms in total. The van der Waals surface area contributed by atoms with Crippen LogP contribution in [0.25, 0.3) is 0 Å². The number of nitrogens with one attached hydrogen (secondary N) is 1. The Hall–Kier alpha value is -2.08. The van der Waals surface area contributed by atoms with Crippen molar-refractivity contribution in [3.05, 3.63) is 35.9 Å². The summed E-state index contributed by atoms with van der Waals surface area (Å²) in [4.78, 5) is 24.6. The number of alkyl carbamates (subject to hydrolysis) is 1. The highest BCUT2D eigenvalue weighted by atomic mass is 16.6. The lowest BCUT2D eigenvalue weighted by Gasteiger charge is -2.43. The molecule has 2 rings (SSSR count). The summed E-state index contributed by atoms with van der Waals surface area (Å²) in [6.07, 6.45) is 1.01. The van der Waals surface area contributed by atoms with Gasteiger partial charge in [0.25, 0.3) is 0 Å². The van der Waals surface area contributed by atoms with Crippen molar-refractivity contribution >= 4 is 12.1 Å². The first-order valence-electron chi connectivity index (χ1n) is 10.3. The van der Waals surface area contributed by atoms with E-state index in [1.807, 2.05) is 51.1 Å². The van der Waals surface area contributed by atoms with Gasteiger partial charge in [0, 0.05) is 12.8 Å². The molecule has 6 heteroatoms. The van der Waals surface area contributed by atoms with Crippen molar-refractivity contribution in [2.24, 2.45) is 5.41 Å². The van der Waals surface area contributed by atoms with E-state index < -0.39 is 23.5 Å². The first kappa shape index (κ1) is 23.2. The van der Waals surface area contributed by atoms with Gasteiger partial charge in [-0.2, -0.15) is 0 Å². The molecule has 162 valence electrons. The fourth-order valence-electron chi connectivity index (χ4n) is 3.37. The van der Waals surface area contributed by atoms with E-state index in [0.717, 1.165) is 12.0 Å². The third-order valence-corrected chi connectivity index (χ3v) is 5.15. The molecule has 1 aromatic carbocycles. The van der Waals surface area contributed by atoms with Crippen LogP contribution in [-0.2, 0) is 25.6 Å². The van der Waals surface area contributed by atoms with Crippen LogP contribution in [0.15, 0.2) is 30.3 Å². The number of ether oxygens (including phenoxy) is 3. The number of benzene rings is 1. The van der Waals surface area contributed by atoms with Crippen LogP contribution in [0.1, 0.15) is 72.8 Å². The summed E-state index contributed by atoms with van der Waals surface area (Å²) in [5, 5.41) is 2.95. The second-order valence-electron chi connectivity index (χ2n) is 9.50. The Morgan fingerprint density at radius 2 is 1.83 bits per heavy atom. The van der Waals surface area contributed by atoms with Crippen molar-refractivity contribution < 1.29 is 23.8 Å². The maximum absolute atomic E-state index is 12.7. The van der Waals surface area contributed by atoms with Crippen molar-refractivity contribution in [2.45, 2.75) is 91.3 Å². The Bertz CT molecular complexity index is 695. The van der Waals surface area contributed by atoms with Gasteiger partial charge < -0.3 is 14.2 Å². The van der Waals surface area contributed by atoms with Crippen molar-refractivity contribution in [3.63, 3.8) is 0 Å². The van der Waals surface area contributed by atoms with Crippen molar-refractivity contribution in [2.75, 3.05) is 0 Å². The molecular formula is C23H35NO5. The molecule has 0 spiro atoms. The lowest BCUT2D eigenvalue weighted by atomic mass is 9.79. The van der Waals surface area contributed by atoms with Gasteiger partial charge in [0.1, 0.15) is 11.7 Å². The quantitative estimate of drug-likeness (QED) is 0.489. The maximum Gasteiger partial charge on any atom is 0.410 e. The number of hydrogen-bond donors (Lipinski definition) is 1. The van der Waals surface area contributed by atoms with Crippen LogP contribution < -0.4 is 5.32 Å². The molecule has 0 aromatic heterocycles. The molecule has 0 saturated carbocycles. The predicted molar refractivity (Wildman–Crippen MR) is 111 cm³/mol. The highest BCUT2D eigenvalue weighted by Gasteiger charge is 2.50. The largest absolute Gasteiger partial charge is 0.457 e. The van der Waals surface area contributed by atoms with Crippen molar-refractivity contribution in [3.8, 4) is 0 Å². The van der Waals surface area contributed by atoms with E-state index in [2.05, 4.69) is 26.1 Å². The molecule has 29 heavy (non-hydrogen) atoms. The Morgan fingerprint density at radius 3 is 2.34 bits per heavy atom. The van der Waals surface area contributed by atoms with Gasteiger partial charge in [-0.25, -0.2) is 4.79 Å². The topological polar surface area (TPSA) is 73.9 Å². The Balaban J connectivity index is 2.36. The number of hydrogen-bond acceptors (Lipinski definition) is 5. The zero-order chi connectivity index (χ0) is 21.7. The summed E-state index contributed by atoms with van der Waals surface area (Å²) < 4.78 is 17.5. The third-order valence-electron chi connectivity index (χ3n) is 5.15. The van der Waals surface area contributed by atoms with Crippen LogP contribution in [0.4, 0.5) is 4.79 Å². The fourth-order valence-corrected chi connectivity index (χ4v) is 3.37. The number of carbonyl (C=O) groups excluding carboxylic acids is 2. The lowest BCUT2D eigenvalue weighted by Crippen LogP contribution is -2.61. The molecule has 1 amide bonds. The van der Waals surface area contributed by atoms with E-state index in [1.54, 1.807) is 0 Å². The van der Waals surface area contributed by atoms with Gasteiger partial charge in [-0.15, -0.1) is 0 Å². The van der Waals surface area contributed by atoms with Crippen molar-refractivity contribution in [1.29, 1.82) is 0 Å². The smallest absolute Gasteiger partial charge is 0.410 e. The molecule has 0 bridgehead atoms. The second-order valence-corrected chi connectivity index (χ2v) is 9.50. The highest BCUT2D eigenvalue weighted by molar-refractivity contribution is 5.72. The monoisotopic (exact) mass is 405 g/mol. The molecule has 1 heterocycles. The van der Waals surface area contributed by atoms with Gasteiger partial charge in [-0.3, -0.25) is 10.1 Å². The predicted octanol–water partition coefficient (Wildman–Crippen LogP) is 4.96. The zero-order valence-electron chi connectivity index (χ0n) is 18.5. The maximum atomic E-state index is 12.7. The average Bonchev–Trinajstić information content (AvgIpc) is 3.06. The zero-order valence-corrected chi connectivity index (χ0v) is 18.5. The molecule has 0 radical (unpaired) electrons. The van der Waals surface area contributed by atoms with Gasteiger partial charge in [0.15, 0.2) is 5.72 Å². The molecule has 1 N–H and O–H groups in total. The van der Waals surface area contributed by atoms with Crippen LogP contribution in [0.5, 0.6) is 0 Å². The van der Waals surface area contributed by atoms with E-state index in [1.165, 1.54) is 0 Å². The van der Waals surface area contributed by atoms with Gasteiger partial charge in [-0.1, -0.05) is 57.5 Å². The van der Waals surface area contributed by atoms with Crippen LogP contribution in [0, 0.1) is 5.41 Å². The average molecular weight is 406 g/mol. The molecule has 2 atom stereocenters. The standard InChI is InChI=1S/C23H35NO5/c1-7-22(5,6)16-23(18-13-14-19(25)28-18,24-20(26)29-21(2,3)4)27-15-17-11-9-8-10-12-17/h8-12,18H,7,13-16H2,1-6H3,(H,24,26)/t18-,23-/m0/s1. The number of rotatable bonds is 8. The molecule has 1 fully saturated rings.